The smallest absolute Gasteiger partial charge is 0.253 e. The zero-order valence-corrected chi connectivity index (χ0v) is 16.3. The molecular formula is C18H28N4O3S. The average Bonchev–Trinajstić information content (AvgIpc) is 3.14. The normalized spacial score (nSPS) is 21.2. The molecule has 2 saturated heterocycles. The summed E-state index contributed by atoms with van der Waals surface area (Å²) >= 11 is 0. The molecule has 0 aromatic heterocycles. The number of amides is 1. The molecule has 144 valence electrons. The number of nitrogens with zero attached hydrogens (tertiary/aromatic N) is 2. The highest BCUT2D eigenvalue weighted by atomic mass is 32.2. The zero-order valence-electron chi connectivity index (χ0n) is 15.5. The van der Waals surface area contributed by atoms with E-state index in [0.29, 0.717) is 5.56 Å². The first-order chi connectivity index (χ1) is 12.4. The molecule has 2 fully saturated rings. The van der Waals surface area contributed by atoms with Gasteiger partial charge in [-0.1, -0.05) is 0 Å². The number of carbonyl (C=O) groups is 1. The maximum Gasteiger partial charge on any atom is 0.253 e. The van der Waals surface area contributed by atoms with Crippen molar-refractivity contribution >= 4 is 21.6 Å². The lowest BCUT2D eigenvalue weighted by Gasteiger charge is -2.31. The topological polar surface area (TPSA) is 81.8 Å². The number of sulfonamides is 1. The molecule has 1 unspecified atom stereocenters. The lowest BCUT2D eigenvalue weighted by molar-refractivity contribution is 0.0940. The van der Waals surface area contributed by atoms with Crippen LogP contribution in [0, 0.1) is 0 Å². The third-order valence-corrected chi connectivity index (χ3v) is 6.89. The second kappa shape index (κ2) is 7.94. The number of piperidine rings is 1. The minimum Gasteiger partial charge on any atom is -0.371 e. The molecule has 0 radical (unpaired) electrons. The summed E-state index contributed by atoms with van der Waals surface area (Å²) in [6.07, 6.45) is 4.26. The van der Waals surface area contributed by atoms with Gasteiger partial charge in [-0.25, -0.2) is 12.7 Å². The molecule has 1 amide bonds. The lowest BCUT2D eigenvalue weighted by Crippen LogP contribution is -2.38. The summed E-state index contributed by atoms with van der Waals surface area (Å²) in [5.41, 5.74) is 1.27. The van der Waals surface area contributed by atoms with E-state index < -0.39 is 10.0 Å². The van der Waals surface area contributed by atoms with Gasteiger partial charge >= 0.3 is 0 Å². The predicted molar refractivity (Wildman–Crippen MR) is 102 cm³/mol. The SMILES string of the molecule is CN(C)S(=O)(=O)c1ccc(N2CCCCC2)c(C(=O)NC2CCNC2)c1. The van der Waals surface area contributed by atoms with E-state index in [2.05, 4.69) is 15.5 Å². The third kappa shape index (κ3) is 4.02. The summed E-state index contributed by atoms with van der Waals surface area (Å²) in [6, 6.07) is 5.00. The quantitative estimate of drug-likeness (QED) is 0.797. The molecular weight excluding hydrogens is 352 g/mol. The highest BCUT2D eigenvalue weighted by Gasteiger charge is 2.26. The lowest BCUT2D eigenvalue weighted by atomic mass is 10.1. The van der Waals surface area contributed by atoms with E-state index in [1.165, 1.54) is 30.9 Å². The summed E-state index contributed by atoms with van der Waals surface area (Å²) in [4.78, 5) is 15.3. The Morgan fingerprint density at radius 3 is 2.58 bits per heavy atom. The van der Waals surface area contributed by atoms with Crippen molar-refractivity contribution in [1.29, 1.82) is 0 Å². The zero-order chi connectivity index (χ0) is 18.7. The monoisotopic (exact) mass is 380 g/mol. The average molecular weight is 381 g/mol. The van der Waals surface area contributed by atoms with E-state index in [1.807, 2.05) is 0 Å². The van der Waals surface area contributed by atoms with Crippen LogP contribution >= 0.6 is 0 Å². The summed E-state index contributed by atoms with van der Waals surface area (Å²) < 4.78 is 26.2. The van der Waals surface area contributed by atoms with Crippen molar-refractivity contribution in [2.75, 3.05) is 45.2 Å². The first kappa shape index (κ1) is 19.1. The van der Waals surface area contributed by atoms with Crippen LogP contribution in [0.4, 0.5) is 5.69 Å². The molecule has 2 heterocycles. The Bertz CT molecular complexity index is 752. The van der Waals surface area contributed by atoms with Crippen LogP contribution in [0.3, 0.4) is 0 Å². The van der Waals surface area contributed by atoms with Crippen LogP contribution in [0.5, 0.6) is 0 Å². The standard InChI is InChI=1S/C18H28N4O3S/c1-21(2)26(24,25)15-6-7-17(22-10-4-3-5-11-22)16(12-15)18(23)20-14-8-9-19-13-14/h6-7,12,14,19H,3-5,8-11,13H2,1-2H3,(H,20,23). The van der Waals surface area contributed by atoms with E-state index in [0.717, 1.165) is 51.1 Å². The van der Waals surface area contributed by atoms with Crippen molar-refractivity contribution < 1.29 is 13.2 Å². The second-order valence-electron chi connectivity index (χ2n) is 7.18. The van der Waals surface area contributed by atoms with Crippen molar-refractivity contribution in [2.45, 2.75) is 36.6 Å². The van der Waals surface area contributed by atoms with Crippen molar-refractivity contribution in [3.8, 4) is 0 Å². The van der Waals surface area contributed by atoms with Crippen LogP contribution in [0.2, 0.25) is 0 Å². The molecule has 7 nitrogen and oxygen atoms in total. The van der Waals surface area contributed by atoms with Gasteiger partial charge in [0.25, 0.3) is 5.91 Å². The van der Waals surface area contributed by atoms with E-state index in [9.17, 15) is 13.2 Å². The van der Waals surface area contributed by atoms with Gasteiger partial charge in [0.2, 0.25) is 10.0 Å². The highest BCUT2D eigenvalue weighted by Crippen LogP contribution is 2.28. The summed E-state index contributed by atoms with van der Waals surface area (Å²) in [6.45, 7) is 3.43. The van der Waals surface area contributed by atoms with Gasteiger partial charge in [0, 0.05) is 45.5 Å². The summed E-state index contributed by atoms with van der Waals surface area (Å²) in [5.74, 6) is -0.199. The number of benzene rings is 1. The van der Waals surface area contributed by atoms with E-state index in [4.69, 9.17) is 0 Å². The molecule has 1 aromatic rings. The van der Waals surface area contributed by atoms with E-state index in [-0.39, 0.29) is 16.8 Å². The fraction of sp³-hybridized carbons (Fsp3) is 0.611. The molecule has 2 aliphatic rings. The number of hydrogen-bond donors (Lipinski definition) is 2. The Morgan fingerprint density at radius 1 is 1.23 bits per heavy atom. The molecule has 2 N–H and O–H groups in total. The number of carbonyl (C=O) groups excluding carboxylic acids is 1. The van der Waals surface area contributed by atoms with Crippen LogP contribution in [0.25, 0.3) is 0 Å². The van der Waals surface area contributed by atoms with E-state index >= 15 is 0 Å². The maximum absolute atomic E-state index is 12.9. The van der Waals surface area contributed by atoms with Crippen molar-refractivity contribution in [1.82, 2.24) is 14.9 Å². The minimum atomic E-state index is -3.59. The minimum absolute atomic E-state index is 0.0887. The van der Waals surface area contributed by atoms with Gasteiger partial charge in [0.1, 0.15) is 0 Å². The Morgan fingerprint density at radius 2 is 1.96 bits per heavy atom. The Balaban J connectivity index is 1.96. The predicted octanol–water partition coefficient (Wildman–Crippen LogP) is 1.02. The fourth-order valence-corrected chi connectivity index (χ4v) is 4.45. The van der Waals surface area contributed by atoms with Crippen LogP contribution in [0.15, 0.2) is 23.1 Å². The molecule has 1 aromatic carbocycles. The van der Waals surface area contributed by atoms with Gasteiger partial charge in [0.05, 0.1) is 10.5 Å². The van der Waals surface area contributed by atoms with Crippen molar-refractivity contribution in [3.63, 3.8) is 0 Å². The van der Waals surface area contributed by atoms with Gasteiger partial charge in [-0.2, -0.15) is 0 Å². The number of hydrogen-bond acceptors (Lipinski definition) is 5. The Hall–Kier alpha value is -1.64. The highest BCUT2D eigenvalue weighted by molar-refractivity contribution is 7.89. The van der Waals surface area contributed by atoms with E-state index in [1.54, 1.807) is 12.1 Å². The van der Waals surface area contributed by atoms with Gasteiger partial charge in [0.15, 0.2) is 0 Å². The molecule has 0 aliphatic carbocycles. The molecule has 8 heteroatoms. The fourth-order valence-electron chi connectivity index (χ4n) is 3.52. The summed E-state index contributed by atoms with van der Waals surface area (Å²) in [7, 11) is -0.589. The molecule has 26 heavy (non-hydrogen) atoms. The van der Waals surface area contributed by atoms with Gasteiger partial charge < -0.3 is 15.5 Å². The Labute approximate surface area is 155 Å². The largest absolute Gasteiger partial charge is 0.371 e. The van der Waals surface area contributed by atoms with Gasteiger partial charge in [-0.3, -0.25) is 4.79 Å². The molecule has 2 aliphatic heterocycles. The summed E-state index contributed by atoms with van der Waals surface area (Å²) in [5, 5.41) is 6.28. The molecule has 0 spiro atoms. The van der Waals surface area contributed by atoms with Crippen LogP contribution in [0.1, 0.15) is 36.0 Å². The molecule has 3 rings (SSSR count). The van der Waals surface area contributed by atoms with Crippen LogP contribution < -0.4 is 15.5 Å². The Kier molecular flexibility index (Phi) is 5.84. The van der Waals surface area contributed by atoms with Crippen LogP contribution in [-0.4, -0.2) is 64.9 Å². The molecule has 1 atom stereocenters. The first-order valence-electron chi connectivity index (χ1n) is 9.22. The van der Waals surface area contributed by atoms with Gasteiger partial charge in [-0.15, -0.1) is 0 Å². The molecule has 0 bridgehead atoms. The number of rotatable bonds is 5. The van der Waals surface area contributed by atoms with Crippen molar-refractivity contribution in [3.05, 3.63) is 23.8 Å². The number of nitrogens with one attached hydrogen (secondary N) is 2. The van der Waals surface area contributed by atoms with Gasteiger partial charge in [-0.05, 0) is 50.4 Å². The molecule has 0 saturated carbocycles. The van der Waals surface area contributed by atoms with Crippen LogP contribution in [-0.2, 0) is 10.0 Å². The second-order valence-corrected chi connectivity index (χ2v) is 9.33. The number of anilines is 1. The third-order valence-electron chi connectivity index (χ3n) is 5.08. The first-order valence-corrected chi connectivity index (χ1v) is 10.7. The van der Waals surface area contributed by atoms with Crippen molar-refractivity contribution in [2.24, 2.45) is 0 Å². The maximum atomic E-state index is 12.9.